The zero-order valence-corrected chi connectivity index (χ0v) is 19.2. The Hall–Kier alpha value is -3.78. The van der Waals surface area contributed by atoms with Gasteiger partial charge in [0.25, 0.3) is 5.22 Å². The molecule has 1 N–H and O–H groups in total. The van der Waals surface area contributed by atoms with Gasteiger partial charge in [-0.25, -0.2) is 0 Å². The summed E-state index contributed by atoms with van der Waals surface area (Å²) in [6.07, 6.45) is 5.15. The quantitative estimate of drug-likeness (QED) is 0.120. The van der Waals surface area contributed by atoms with Gasteiger partial charge in [-0.1, -0.05) is 50.2 Å². The number of anilines is 1. The topological polar surface area (TPSA) is 93.3 Å². The van der Waals surface area contributed by atoms with Crippen molar-refractivity contribution >= 4 is 28.3 Å². The number of aromatic nitrogens is 3. The predicted molar refractivity (Wildman–Crippen MR) is 130 cm³/mol. The van der Waals surface area contributed by atoms with Crippen molar-refractivity contribution in [2.24, 2.45) is 5.10 Å². The summed E-state index contributed by atoms with van der Waals surface area (Å²) in [4.78, 5) is 17.2. The van der Waals surface area contributed by atoms with Gasteiger partial charge >= 0.3 is 0 Å². The number of pyridine rings is 1. The van der Waals surface area contributed by atoms with Crippen molar-refractivity contribution in [2.75, 3.05) is 5.43 Å². The molecule has 0 unspecified atom stereocenters. The molecule has 166 valence electrons. The number of hydrazone groups is 1. The lowest BCUT2D eigenvalue weighted by atomic mass is 10.1. The van der Waals surface area contributed by atoms with Crippen LogP contribution in [0.5, 0.6) is 0 Å². The van der Waals surface area contributed by atoms with Gasteiger partial charge in [0, 0.05) is 23.5 Å². The van der Waals surface area contributed by atoms with Crippen molar-refractivity contribution in [1.82, 2.24) is 15.2 Å². The highest BCUT2D eigenvalue weighted by atomic mass is 32.2. The van der Waals surface area contributed by atoms with Crippen LogP contribution in [0.3, 0.4) is 0 Å². The minimum absolute atomic E-state index is 0.198. The Labute approximate surface area is 196 Å². The Morgan fingerprint density at radius 3 is 2.18 bits per heavy atom. The molecule has 2 heterocycles. The molecule has 7 nitrogen and oxygen atoms in total. The SMILES string of the molecule is CCc1ccc(N/N=C(/Sc2nnc(-c3ccncc3)o2)C(=O)c2ccc(CC)cc2)cc1. The summed E-state index contributed by atoms with van der Waals surface area (Å²) in [7, 11) is 0. The molecule has 0 fully saturated rings. The van der Waals surface area contributed by atoms with Crippen LogP contribution in [-0.4, -0.2) is 26.0 Å². The molecule has 0 amide bonds. The number of hydrogen-bond acceptors (Lipinski definition) is 8. The van der Waals surface area contributed by atoms with Crippen LogP contribution in [-0.2, 0) is 12.8 Å². The average Bonchev–Trinajstić information content (AvgIpc) is 3.35. The van der Waals surface area contributed by atoms with Gasteiger partial charge < -0.3 is 4.42 Å². The van der Waals surface area contributed by atoms with Crippen molar-refractivity contribution in [3.8, 4) is 11.5 Å². The second-order valence-corrected chi connectivity index (χ2v) is 8.11. The van der Waals surface area contributed by atoms with Crippen molar-refractivity contribution < 1.29 is 9.21 Å². The Bertz CT molecular complexity index is 1240. The summed E-state index contributed by atoms with van der Waals surface area (Å²) < 4.78 is 5.76. The number of ketones is 1. The highest BCUT2D eigenvalue weighted by Crippen LogP contribution is 2.25. The molecule has 4 rings (SSSR count). The lowest BCUT2D eigenvalue weighted by molar-refractivity contribution is 0.106. The third kappa shape index (κ3) is 5.72. The molecule has 0 saturated heterocycles. The molecule has 0 saturated carbocycles. The number of carbonyl (C=O) groups excluding carboxylic acids is 1. The Kier molecular flexibility index (Phi) is 7.26. The molecule has 2 aromatic carbocycles. The standard InChI is InChI=1S/C25H23N5O2S/c1-3-17-5-9-19(10-6-17)22(31)24(29-27-21-11-7-18(4-2)8-12-21)33-25-30-28-23(32-25)20-13-15-26-16-14-20/h5-16,27H,3-4H2,1-2H3/b29-24+. The van der Waals surface area contributed by atoms with Crippen molar-refractivity contribution in [3.05, 3.63) is 89.7 Å². The predicted octanol–water partition coefficient (Wildman–Crippen LogP) is 5.66. The number of benzene rings is 2. The largest absolute Gasteiger partial charge is 0.411 e. The van der Waals surface area contributed by atoms with Crippen LogP contribution >= 0.6 is 11.8 Å². The zero-order chi connectivity index (χ0) is 23.0. The zero-order valence-electron chi connectivity index (χ0n) is 18.4. The first-order chi connectivity index (χ1) is 16.2. The highest BCUT2D eigenvalue weighted by molar-refractivity contribution is 8.15. The van der Waals surface area contributed by atoms with Crippen molar-refractivity contribution in [3.63, 3.8) is 0 Å². The first-order valence-electron chi connectivity index (χ1n) is 10.6. The second kappa shape index (κ2) is 10.7. The maximum Gasteiger partial charge on any atom is 0.283 e. The summed E-state index contributed by atoms with van der Waals surface area (Å²) in [5.74, 6) is 0.117. The van der Waals surface area contributed by atoms with Crippen LogP contribution < -0.4 is 5.43 Å². The first-order valence-corrected chi connectivity index (χ1v) is 11.5. The van der Waals surface area contributed by atoms with E-state index in [4.69, 9.17) is 4.42 Å². The van der Waals surface area contributed by atoms with Gasteiger partial charge in [-0.15, -0.1) is 10.2 Å². The van der Waals surface area contributed by atoms with Crippen LogP contribution in [0.2, 0.25) is 0 Å². The van der Waals surface area contributed by atoms with E-state index in [1.165, 1.54) is 5.56 Å². The van der Waals surface area contributed by atoms with E-state index in [9.17, 15) is 4.79 Å². The third-order valence-corrected chi connectivity index (χ3v) is 5.79. The van der Waals surface area contributed by atoms with Crippen LogP contribution in [0.15, 0.2) is 87.8 Å². The fourth-order valence-electron chi connectivity index (χ4n) is 3.01. The molecule has 0 radical (unpaired) electrons. The third-order valence-electron chi connectivity index (χ3n) is 4.99. The Morgan fingerprint density at radius 1 is 0.909 bits per heavy atom. The van der Waals surface area contributed by atoms with E-state index in [1.807, 2.05) is 48.5 Å². The molecule has 8 heteroatoms. The summed E-state index contributed by atoms with van der Waals surface area (Å²) in [6, 6.07) is 19.0. The molecule has 0 aliphatic rings. The maximum atomic E-state index is 13.3. The molecular weight excluding hydrogens is 434 g/mol. The second-order valence-electron chi connectivity index (χ2n) is 7.17. The molecule has 33 heavy (non-hydrogen) atoms. The van der Waals surface area contributed by atoms with E-state index >= 15 is 0 Å². The van der Waals surface area contributed by atoms with Gasteiger partial charge in [-0.05, 0) is 60.0 Å². The number of rotatable bonds is 8. The number of nitrogens with zero attached hydrogens (tertiary/aromatic N) is 4. The van der Waals surface area contributed by atoms with Crippen LogP contribution in [0.25, 0.3) is 11.5 Å². The van der Waals surface area contributed by atoms with E-state index in [0.29, 0.717) is 11.5 Å². The summed E-state index contributed by atoms with van der Waals surface area (Å²) in [6.45, 7) is 4.17. The van der Waals surface area contributed by atoms with Crippen LogP contribution in [0.1, 0.15) is 35.3 Å². The van der Waals surface area contributed by atoms with E-state index in [1.54, 1.807) is 24.5 Å². The van der Waals surface area contributed by atoms with E-state index < -0.39 is 0 Å². The number of hydrogen-bond donors (Lipinski definition) is 1. The lowest BCUT2D eigenvalue weighted by Gasteiger charge is -2.06. The van der Waals surface area contributed by atoms with Gasteiger partial charge in [-0.3, -0.25) is 15.2 Å². The lowest BCUT2D eigenvalue weighted by Crippen LogP contribution is -2.13. The average molecular weight is 458 g/mol. The molecular formula is C25H23N5O2S. The van der Waals surface area contributed by atoms with Crippen LogP contribution in [0, 0.1) is 0 Å². The summed E-state index contributed by atoms with van der Waals surface area (Å²) >= 11 is 1.03. The number of aryl methyl sites for hydroxylation is 2. The smallest absolute Gasteiger partial charge is 0.283 e. The van der Waals surface area contributed by atoms with E-state index in [2.05, 4.69) is 39.6 Å². The monoisotopic (exact) mass is 457 g/mol. The normalized spacial score (nSPS) is 11.4. The van der Waals surface area contributed by atoms with Gasteiger partial charge in [0.2, 0.25) is 11.7 Å². The number of nitrogens with one attached hydrogen (secondary N) is 1. The fraction of sp³-hybridized carbons (Fsp3) is 0.160. The highest BCUT2D eigenvalue weighted by Gasteiger charge is 2.20. The van der Waals surface area contributed by atoms with Crippen molar-refractivity contribution in [1.29, 1.82) is 0 Å². The van der Waals surface area contributed by atoms with Crippen molar-refractivity contribution in [2.45, 2.75) is 31.9 Å². The molecule has 2 aromatic heterocycles. The summed E-state index contributed by atoms with van der Waals surface area (Å²) in [5.41, 5.74) is 7.42. The molecule has 0 spiro atoms. The van der Waals surface area contributed by atoms with E-state index in [-0.39, 0.29) is 16.0 Å². The molecule has 0 atom stereocenters. The van der Waals surface area contributed by atoms with Gasteiger partial charge in [0.05, 0.1) is 5.69 Å². The number of thioether (sulfide) groups is 1. The van der Waals surface area contributed by atoms with Gasteiger partial charge in [0.15, 0.2) is 5.04 Å². The fourth-order valence-corrected chi connectivity index (χ4v) is 3.68. The number of Topliss-reactive ketones (excluding diaryl/α,β-unsaturated/α-hetero) is 1. The Balaban J connectivity index is 1.59. The Morgan fingerprint density at radius 2 is 1.55 bits per heavy atom. The number of carbonyl (C=O) groups is 1. The minimum Gasteiger partial charge on any atom is -0.411 e. The molecule has 4 aromatic rings. The molecule has 0 aliphatic carbocycles. The van der Waals surface area contributed by atoms with E-state index in [0.717, 1.165) is 41.4 Å². The molecule has 0 aliphatic heterocycles. The van der Waals surface area contributed by atoms with Gasteiger partial charge in [-0.2, -0.15) is 5.10 Å². The molecule has 0 bridgehead atoms. The first kappa shape index (κ1) is 22.4. The summed E-state index contributed by atoms with van der Waals surface area (Å²) in [5, 5.41) is 13.0. The van der Waals surface area contributed by atoms with Crippen LogP contribution in [0.4, 0.5) is 5.69 Å². The maximum absolute atomic E-state index is 13.3. The van der Waals surface area contributed by atoms with Gasteiger partial charge in [0.1, 0.15) is 0 Å². The minimum atomic E-state index is -0.232.